The summed E-state index contributed by atoms with van der Waals surface area (Å²) in [7, 11) is -5.84. The van der Waals surface area contributed by atoms with Gasteiger partial charge in [0, 0.05) is 0 Å². The molecule has 0 aromatic carbocycles. The van der Waals surface area contributed by atoms with Crippen LogP contribution in [0.1, 0.15) is 19.8 Å². The molecule has 0 bridgehead atoms. The van der Waals surface area contributed by atoms with Gasteiger partial charge in [0.25, 0.3) is 0 Å². The minimum Gasteiger partial charge on any atom is -0.343 e. The van der Waals surface area contributed by atoms with Gasteiger partial charge in [0.05, 0.1) is 0 Å². The first-order valence-corrected chi connectivity index (χ1v) is 4.43. The molecule has 0 spiro atoms. The Labute approximate surface area is 118 Å². The van der Waals surface area contributed by atoms with Crippen molar-refractivity contribution < 1.29 is 77.5 Å². The summed E-state index contributed by atoms with van der Waals surface area (Å²) in [6, 6.07) is 0. The maximum atomic E-state index is 10.7. The van der Waals surface area contributed by atoms with Gasteiger partial charge in [-0.05, 0) is 0 Å². The van der Waals surface area contributed by atoms with Crippen LogP contribution < -0.4 is 51.4 Å². The molecular formula is C5H10F3KO3S. The van der Waals surface area contributed by atoms with Crippen molar-refractivity contribution in [1.82, 2.24) is 0 Å². The Morgan fingerprint density at radius 3 is 1.54 bits per heavy atom. The molecule has 0 saturated heterocycles. The number of unbranched alkanes of at least 4 members (excludes halogenated alkanes) is 1. The minimum absolute atomic E-state index is 0. The number of hydrogen-bond donors (Lipinski definition) is 1. The molecule has 13 heavy (non-hydrogen) atoms. The van der Waals surface area contributed by atoms with E-state index in [4.69, 9.17) is 13.0 Å². The summed E-state index contributed by atoms with van der Waals surface area (Å²) < 4.78 is 57.5. The van der Waals surface area contributed by atoms with Gasteiger partial charge in [-0.25, -0.2) is 0 Å². The van der Waals surface area contributed by atoms with Crippen LogP contribution in [0.2, 0.25) is 0 Å². The van der Waals surface area contributed by atoms with Gasteiger partial charge in [0.15, 0.2) is 0 Å². The fourth-order valence-electron chi connectivity index (χ4n) is 0. The van der Waals surface area contributed by atoms with Crippen molar-refractivity contribution in [2.45, 2.75) is 25.3 Å². The topological polar surface area (TPSA) is 54.4 Å². The van der Waals surface area contributed by atoms with E-state index in [0.29, 0.717) is 0 Å². The standard InChI is InChI=1S/C4H9.CHF3O3S.K/c1-3-4-2;2-1(3,4)8(5,6)7;/h1,3-4H2,2H3;(H,5,6,7);/q-1;;+1. The van der Waals surface area contributed by atoms with Gasteiger partial charge >= 0.3 is 67.0 Å². The molecule has 3 nitrogen and oxygen atoms in total. The summed E-state index contributed by atoms with van der Waals surface area (Å²) in [5.41, 5.74) is -5.53. The second-order valence-electron chi connectivity index (χ2n) is 1.77. The molecule has 0 rings (SSSR count). The predicted octanol–water partition coefficient (Wildman–Crippen LogP) is -0.981. The van der Waals surface area contributed by atoms with E-state index in [1.807, 2.05) is 0 Å². The van der Waals surface area contributed by atoms with Gasteiger partial charge in [0.1, 0.15) is 0 Å². The van der Waals surface area contributed by atoms with Gasteiger partial charge in [-0.3, -0.25) is 4.55 Å². The van der Waals surface area contributed by atoms with Crippen LogP contribution in [0, 0.1) is 6.92 Å². The normalized spacial score (nSPS) is 10.9. The number of rotatable bonds is 1. The summed E-state index contributed by atoms with van der Waals surface area (Å²) in [4.78, 5) is 0. The molecule has 0 aliphatic heterocycles. The van der Waals surface area contributed by atoms with Crippen LogP contribution in [0.5, 0.6) is 0 Å². The Balaban J connectivity index is -0.000000173. The van der Waals surface area contributed by atoms with Crippen molar-refractivity contribution in [3.63, 3.8) is 0 Å². The van der Waals surface area contributed by atoms with Gasteiger partial charge in [-0.2, -0.15) is 28.0 Å². The van der Waals surface area contributed by atoms with Crippen molar-refractivity contribution in [1.29, 1.82) is 0 Å². The van der Waals surface area contributed by atoms with Crippen LogP contribution in [0.15, 0.2) is 0 Å². The van der Waals surface area contributed by atoms with Gasteiger partial charge in [-0.15, -0.1) is 0 Å². The van der Waals surface area contributed by atoms with Crippen molar-refractivity contribution >= 4 is 10.1 Å². The van der Waals surface area contributed by atoms with Crippen molar-refractivity contribution in [2.24, 2.45) is 0 Å². The molecule has 0 atom stereocenters. The van der Waals surface area contributed by atoms with Crippen molar-refractivity contribution in [3.8, 4) is 0 Å². The van der Waals surface area contributed by atoms with Gasteiger partial charge in [0.2, 0.25) is 0 Å². The molecule has 0 aromatic rings. The maximum Gasteiger partial charge on any atom is 1.00 e. The number of alkyl halides is 3. The molecule has 0 aromatic heterocycles. The third-order valence-electron chi connectivity index (χ3n) is 0.646. The monoisotopic (exact) mass is 246 g/mol. The van der Waals surface area contributed by atoms with Crippen LogP contribution in [0.25, 0.3) is 0 Å². The second kappa shape index (κ2) is 8.63. The van der Waals surface area contributed by atoms with E-state index in [2.05, 4.69) is 13.8 Å². The largest absolute Gasteiger partial charge is 1.00 e. The van der Waals surface area contributed by atoms with Crippen LogP contribution in [0.3, 0.4) is 0 Å². The second-order valence-corrected chi connectivity index (χ2v) is 3.19. The molecule has 8 heteroatoms. The van der Waals surface area contributed by atoms with E-state index in [1.165, 1.54) is 6.42 Å². The molecular weight excluding hydrogens is 236 g/mol. The molecule has 0 aliphatic rings. The first-order chi connectivity index (χ1) is 5.16. The van der Waals surface area contributed by atoms with E-state index in [1.54, 1.807) is 0 Å². The Bertz CT molecular complexity index is 198. The van der Waals surface area contributed by atoms with Gasteiger partial charge in [-0.1, -0.05) is 13.3 Å². The smallest absolute Gasteiger partial charge is 0.343 e. The first-order valence-electron chi connectivity index (χ1n) is 2.99. The minimum atomic E-state index is -5.84. The van der Waals surface area contributed by atoms with Crippen LogP contribution >= 0.6 is 0 Å². The zero-order valence-electron chi connectivity index (χ0n) is 7.43. The Hall–Kier alpha value is 1.34. The first kappa shape index (κ1) is 19.8. The molecule has 0 saturated carbocycles. The summed E-state index contributed by atoms with van der Waals surface area (Å²) in [6.45, 7) is 5.72. The average Bonchev–Trinajstić information content (AvgIpc) is 1.84. The molecule has 1 N–H and O–H groups in total. The number of halogens is 3. The maximum absolute atomic E-state index is 10.7. The summed E-state index contributed by atoms with van der Waals surface area (Å²) in [6.07, 6.45) is 2.28. The zero-order valence-corrected chi connectivity index (χ0v) is 11.4. The van der Waals surface area contributed by atoms with Crippen LogP contribution in [0.4, 0.5) is 13.2 Å². The third-order valence-corrected chi connectivity index (χ3v) is 1.23. The summed E-state index contributed by atoms with van der Waals surface area (Å²) in [5, 5.41) is 0. The van der Waals surface area contributed by atoms with Crippen LogP contribution in [-0.4, -0.2) is 18.5 Å². The number of hydrogen-bond acceptors (Lipinski definition) is 2. The van der Waals surface area contributed by atoms with E-state index < -0.39 is 15.6 Å². The predicted molar refractivity (Wildman–Crippen MR) is 37.9 cm³/mol. The Morgan fingerprint density at radius 1 is 1.38 bits per heavy atom. The quantitative estimate of drug-likeness (QED) is 0.280. The molecule has 76 valence electrons. The Morgan fingerprint density at radius 2 is 1.54 bits per heavy atom. The SMILES string of the molecule is O=S(=O)(O)C(F)(F)F.[CH2-]CCC.[K+]. The average molecular weight is 246 g/mol. The van der Waals surface area contributed by atoms with Crippen molar-refractivity contribution in [2.75, 3.05) is 0 Å². The summed E-state index contributed by atoms with van der Waals surface area (Å²) >= 11 is 0. The zero-order chi connectivity index (χ0) is 10.4. The van der Waals surface area contributed by atoms with Crippen molar-refractivity contribution in [3.05, 3.63) is 6.92 Å². The third kappa shape index (κ3) is 13.3. The molecule has 0 aliphatic carbocycles. The van der Waals surface area contributed by atoms with E-state index in [9.17, 15) is 13.2 Å². The van der Waals surface area contributed by atoms with E-state index in [-0.39, 0.29) is 51.4 Å². The molecule has 0 fully saturated rings. The molecule has 0 heterocycles. The summed E-state index contributed by atoms with van der Waals surface area (Å²) in [5.74, 6) is 0. The molecule has 0 radical (unpaired) electrons. The Kier molecular flexibility index (Phi) is 13.2. The molecule has 0 unspecified atom stereocenters. The molecule has 0 amide bonds. The fraction of sp³-hybridized carbons (Fsp3) is 0.800. The van der Waals surface area contributed by atoms with Gasteiger partial charge < -0.3 is 6.92 Å². The van der Waals surface area contributed by atoms with E-state index in [0.717, 1.165) is 6.42 Å². The fourth-order valence-corrected chi connectivity index (χ4v) is 0. The van der Waals surface area contributed by atoms with E-state index >= 15 is 0 Å². The van der Waals surface area contributed by atoms with Crippen LogP contribution in [-0.2, 0) is 10.1 Å².